The predicted octanol–water partition coefficient (Wildman–Crippen LogP) is 1.84. The summed E-state index contributed by atoms with van der Waals surface area (Å²) in [5, 5.41) is 8.48. The van der Waals surface area contributed by atoms with Crippen molar-refractivity contribution < 1.29 is 14.7 Å². The van der Waals surface area contributed by atoms with Crippen LogP contribution in [0.3, 0.4) is 0 Å². The molecule has 0 aliphatic carbocycles. The Morgan fingerprint density at radius 2 is 1.94 bits per heavy atom. The summed E-state index contributed by atoms with van der Waals surface area (Å²) >= 11 is 1.78. The third kappa shape index (κ3) is 8.59. The highest BCUT2D eigenvalue weighted by Crippen LogP contribution is 2.07. The number of carboxylic acid groups (broad SMARTS) is 1. The lowest BCUT2D eigenvalue weighted by Gasteiger charge is -2.15. The van der Waals surface area contributed by atoms with Crippen LogP contribution in [0.2, 0.25) is 0 Å². The Labute approximate surface area is 101 Å². The van der Waals surface area contributed by atoms with Crippen LogP contribution >= 0.6 is 11.8 Å². The maximum absolute atomic E-state index is 11.5. The lowest BCUT2D eigenvalue weighted by atomic mass is 10.3. The fraction of sp³-hybridized carbons (Fsp3) is 0.818. The monoisotopic (exact) mass is 247 g/mol. The van der Waals surface area contributed by atoms with Gasteiger partial charge in [-0.25, -0.2) is 0 Å². The highest BCUT2D eigenvalue weighted by Gasteiger charge is 2.09. The summed E-state index contributed by atoms with van der Waals surface area (Å²) in [6, 6.07) is 0. The Hall–Kier alpha value is -0.710. The molecule has 0 aromatic rings. The molecule has 0 saturated heterocycles. The summed E-state index contributed by atoms with van der Waals surface area (Å²) in [4.78, 5) is 23.3. The standard InChI is InChI=1S/C11H21NO3S/c1-3-4-8-16-9-6-10(13)12(2)7-5-11(14)15/h3-9H2,1-2H3,(H,14,15). The number of carbonyl (C=O) groups excluding carboxylic acids is 1. The van der Waals surface area contributed by atoms with Gasteiger partial charge in [-0.3, -0.25) is 9.59 Å². The molecule has 0 heterocycles. The number of hydrogen-bond acceptors (Lipinski definition) is 3. The average Bonchev–Trinajstić information content (AvgIpc) is 2.25. The molecule has 0 rings (SSSR count). The smallest absolute Gasteiger partial charge is 0.305 e. The number of amides is 1. The number of carbonyl (C=O) groups is 2. The molecule has 0 aliphatic rings. The minimum atomic E-state index is -0.864. The Kier molecular flexibility index (Phi) is 9.09. The Bertz CT molecular complexity index is 221. The molecule has 0 spiro atoms. The van der Waals surface area contributed by atoms with E-state index >= 15 is 0 Å². The van der Waals surface area contributed by atoms with Crippen LogP contribution < -0.4 is 0 Å². The summed E-state index contributed by atoms with van der Waals surface area (Å²) in [5.74, 6) is 1.10. The van der Waals surface area contributed by atoms with Crippen molar-refractivity contribution in [2.45, 2.75) is 32.6 Å². The SMILES string of the molecule is CCCCSCCC(=O)N(C)CCC(=O)O. The zero-order chi connectivity index (χ0) is 12.4. The molecule has 0 saturated carbocycles. The van der Waals surface area contributed by atoms with Gasteiger partial charge in [0, 0.05) is 25.8 Å². The number of aliphatic carboxylic acids is 1. The van der Waals surface area contributed by atoms with E-state index in [0.29, 0.717) is 13.0 Å². The van der Waals surface area contributed by atoms with Crippen LogP contribution in [0.4, 0.5) is 0 Å². The lowest BCUT2D eigenvalue weighted by Crippen LogP contribution is -2.29. The zero-order valence-corrected chi connectivity index (χ0v) is 10.9. The summed E-state index contributed by atoms with van der Waals surface area (Å²) in [6.45, 7) is 2.44. The molecule has 94 valence electrons. The van der Waals surface area contributed by atoms with Gasteiger partial charge in [0.25, 0.3) is 0 Å². The van der Waals surface area contributed by atoms with E-state index in [0.717, 1.165) is 11.5 Å². The number of rotatable bonds is 9. The molecule has 4 nitrogen and oxygen atoms in total. The van der Waals surface area contributed by atoms with Crippen molar-refractivity contribution in [3.05, 3.63) is 0 Å². The van der Waals surface area contributed by atoms with Crippen LogP contribution in [0.5, 0.6) is 0 Å². The largest absolute Gasteiger partial charge is 0.481 e. The molecule has 1 N–H and O–H groups in total. The first-order valence-corrected chi connectivity index (χ1v) is 6.77. The van der Waals surface area contributed by atoms with Crippen molar-refractivity contribution in [1.29, 1.82) is 0 Å². The van der Waals surface area contributed by atoms with Crippen LogP contribution in [0.25, 0.3) is 0 Å². The van der Waals surface area contributed by atoms with E-state index in [9.17, 15) is 9.59 Å². The van der Waals surface area contributed by atoms with E-state index in [1.807, 2.05) is 0 Å². The van der Waals surface area contributed by atoms with E-state index in [2.05, 4.69) is 6.92 Å². The van der Waals surface area contributed by atoms with E-state index in [1.165, 1.54) is 17.7 Å². The molecule has 0 unspecified atom stereocenters. The van der Waals surface area contributed by atoms with Crippen LogP contribution in [0, 0.1) is 0 Å². The highest BCUT2D eigenvalue weighted by molar-refractivity contribution is 7.99. The summed E-state index contributed by atoms with van der Waals surface area (Å²) in [7, 11) is 1.65. The van der Waals surface area contributed by atoms with Gasteiger partial charge < -0.3 is 10.0 Å². The van der Waals surface area contributed by atoms with Gasteiger partial charge >= 0.3 is 5.97 Å². The first-order chi connectivity index (χ1) is 7.57. The Morgan fingerprint density at radius 3 is 2.50 bits per heavy atom. The third-order valence-corrected chi connectivity index (χ3v) is 3.26. The van der Waals surface area contributed by atoms with E-state index < -0.39 is 5.97 Å². The molecule has 0 radical (unpaired) electrons. The molecule has 0 aromatic carbocycles. The van der Waals surface area contributed by atoms with E-state index in [4.69, 9.17) is 5.11 Å². The minimum Gasteiger partial charge on any atom is -0.481 e. The van der Waals surface area contributed by atoms with Crippen molar-refractivity contribution in [1.82, 2.24) is 4.90 Å². The normalized spacial score (nSPS) is 10.1. The average molecular weight is 247 g/mol. The second kappa shape index (κ2) is 9.51. The van der Waals surface area contributed by atoms with Crippen molar-refractivity contribution >= 4 is 23.6 Å². The van der Waals surface area contributed by atoms with Crippen LogP contribution in [-0.2, 0) is 9.59 Å². The second-order valence-corrected chi connectivity index (χ2v) is 4.90. The first kappa shape index (κ1) is 15.3. The maximum atomic E-state index is 11.5. The zero-order valence-electron chi connectivity index (χ0n) is 10.1. The second-order valence-electron chi connectivity index (χ2n) is 3.67. The summed E-state index contributed by atoms with van der Waals surface area (Å²) < 4.78 is 0. The molecule has 5 heteroatoms. The molecule has 0 fully saturated rings. The van der Waals surface area contributed by atoms with Gasteiger partial charge in [0.15, 0.2) is 0 Å². The fourth-order valence-electron chi connectivity index (χ4n) is 1.09. The van der Waals surface area contributed by atoms with Crippen molar-refractivity contribution in [2.24, 2.45) is 0 Å². The summed E-state index contributed by atoms with van der Waals surface area (Å²) in [6.07, 6.45) is 2.89. The number of nitrogens with zero attached hydrogens (tertiary/aromatic N) is 1. The van der Waals surface area contributed by atoms with Gasteiger partial charge in [-0.05, 0) is 12.2 Å². The number of unbranched alkanes of at least 4 members (excludes halogenated alkanes) is 1. The third-order valence-electron chi connectivity index (χ3n) is 2.19. The quantitative estimate of drug-likeness (QED) is 0.632. The molecular formula is C11H21NO3S. The van der Waals surface area contributed by atoms with Crippen LogP contribution in [-0.4, -0.2) is 47.0 Å². The van der Waals surface area contributed by atoms with E-state index in [1.54, 1.807) is 18.8 Å². The first-order valence-electron chi connectivity index (χ1n) is 5.61. The Balaban J connectivity index is 3.51. The molecule has 0 aromatic heterocycles. The molecular weight excluding hydrogens is 226 g/mol. The van der Waals surface area contributed by atoms with Gasteiger partial charge in [0.2, 0.25) is 5.91 Å². The molecule has 0 atom stereocenters. The minimum absolute atomic E-state index is 0.0191. The van der Waals surface area contributed by atoms with Gasteiger partial charge in [-0.2, -0.15) is 11.8 Å². The van der Waals surface area contributed by atoms with Gasteiger partial charge in [-0.15, -0.1) is 0 Å². The Morgan fingerprint density at radius 1 is 1.25 bits per heavy atom. The van der Waals surface area contributed by atoms with Crippen LogP contribution in [0.1, 0.15) is 32.6 Å². The van der Waals surface area contributed by atoms with E-state index in [-0.39, 0.29) is 12.3 Å². The molecule has 0 aliphatic heterocycles. The topological polar surface area (TPSA) is 57.6 Å². The van der Waals surface area contributed by atoms with Crippen molar-refractivity contribution in [2.75, 3.05) is 25.1 Å². The van der Waals surface area contributed by atoms with Crippen molar-refractivity contribution in [3.63, 3.8) is 0 Å². The van der Waals surface area contributed by atoms with Gasteiger partial charge in [-0.1, -0.05) is 13.3 Å². The summed E-state index contributed by atoms with van der Waals surface area (Å²) in [5.41, 5.74) is 0. The molecule has 0 bridgehead atoms. The maximum Gasteiger partial charge on any atom is 0.305 e. The fourth-order valence-corrected chi connectivity index (χ4v) is 2.10. The molecule has 1 amide bonds. The predicted molar refractivity (Wildman–Crippen MR) is 66.7 cm³/mol. The van der Waals surface area contributed by atoms with Gasteiger partial charge in [0.05, 0.1) is 6.42 Å². The number of hydrogen-bond donors (Lipinski definition) is 1. The van der Waals surface area contributed by atoms with Crippen LogP contribution in [0.15, 0.2) is 0 Å². The van der Waals surface area contributed by atoms with Gasteiger partial charge in [0.1, 0.15) is 0 Å². The lowest BCUT2D eigenvalue weighted by molar-refractivity contribution is -0.138. The number of thioether (sulfide) groups is 1. The van der Waals surface area contributed by atoms with Crippen molar-refractivity contribution in [3.8, 4) is 0 Å². The highest BCUT2D eigenvalue weighted by atomic mass is 32.2. The number of carboxylic acids is 1. The molecule has 16 heavy (non-hydrogen) atoms.